The zero-order chi connectivity index (χ0) is 17.2. The van der Waals surface area contributed by atoms with E-state index in [2.05, 4.69) is 5.10 Å². The Morgan fingerprint density at radius 3 is 2.52 bits per heavy atom. The molecule has 0 saturated heterocycles. The van der Waals surface area contributed by atoms with Gasteiger partial charge in [-0.1, -0.05) is 11.6 Å². The van der Waals surface area contributed by atoms with Gasteiger partial charge in [-0.15, -0.1) is 0 Å². The molecule has 2 rings (SSSR count). The van der Waals surface area contributed by atoms with Gasteiger partial charge in [0.25, 0.3) is 5.91 Å². The highest BCUT2D eigenvalue weighted by atomic mass is 35.5. The van der Waals surface area contributed by atoms with Crippen LogP contribution in [0.25, 0.3) is 5.69 Å². The topological polar surface area (TPSA) is 67.2 Å². The summed E-state index contributed by atoms with van der Waals surface area (Å²) < 4.78 is 39.2. The Morgan fingerprint density at radius 1 is 1.39 bits per heavy atom. The molecule has 0 unspecified atom stereocenters. The number of carbonyl (C=O) groups excluding carboxylic acids is 1. The van der Waals surface area contributed by atoms with Gasteiger partial charge in [0.15, 0.2) is 0 Å². The first-order valence-electron chi connectivity index (χ1n) is 6.53. The standard InChI is InChI=1S/C14H13ClF3N3O2/c1-8-11(13(23)19-12(7-22)14(16,17)18)6-21(20-8)10-4-2-9(15)3-5-10/h2-6,12,22H,7H2,1H3,(H,19,23)/t12-/m0/s1. The number of aromatic nitrogens is 2. The summed E-state index contributed by atoms with van der Waals surface area (Å²) in [5.41, 5.74) is 0.852. The van der Waals surface area contributed by atoms with Crippen molar-refractivity contribution in [1.82, 2.24) is 15.1 Å². The van der Waals surface area contributed by atoms with Gasteiger partial charge in [0.05, 0.1) is 23.6 Å². The number of alkyl halides is 3. The summed E-state index contributed by atoms with van der Waals surface area (Å²) in [6.45, 7) is 0.266. The summed E-state index contributed by atoms with van der Waals surface area (Å²) in [7, 11) is 0. The molecule has 0 aliphatic rings. The molecule has 1 aromatic carbocycles. The average Bonchev–Trinajstić information content (AvgIpc) is 2.86. The molecular weight excluding hydrogens is 335 g/mol. The van der Waals surface area contributed by atoms with Crippen molar-refractivity contribution >= 4 is 17.5 Å². The van der Waals surface area contributed by atoms with Crippen LogP contribution in [0.1, 0.15) is 16.1 Å². The molecule has 2 aromatic rings. The fourth-order valence-electron chi connectivity index (χ4n) is 1.88. The first kappa shape index (κ1) is 17.3. The van der Waals surface area contributed by atoms with Crippen molar-refractivity contribution in [2.75, 3.05) is 6.61 Å². The number of hydrogen-bond acceptors (Lipinski definition) is 3. The van der Waals surface area contributed by atoms with Crippen molar-refractivity contribution in [2.45, 2.75) is 19.1 Å². The zero-order valence-electron chi connectivity index (χ0n) is 11.9. The van der Waals surface area contributed by atoms with Crippen molar-refractivity contribution in [2.24, 2.45) is 0 Å². The van der Waals surface area contributed by atoms with E-state index in [1.54, 1.807) is 29.6 Å². The van der Waals surface area contributed by atoms with Crippen LogP contribution in [0.15, 0.2) is 30.5 Å². The van der Waals surface area contributed by atoms with Gasteiger partial charge in [-0.2, -0.15) is 18.3 Å². The zero-order valence-corrected chi connectivity index (χ0v) is 12.7. The Labute approximate surface area is 134 Å². The highest BCUT2D eigenvalue weighted by Gasteiger charge is 2.40. The lowest BCUT2D eigenvalue weighted by Crippen LogP contribution is -2.47. The summed E-state index contributed by atoms with van der Waals surface area (Å²) in [5, 5.41) is 15.1. The third-order valence-electron chi connectivity index (χ3n) is 3.12. The number of nitrogens with one attached hydrogen (secondary N) is 1. The summed E-state index contributed by atoms with van der Waals surface area (Å²) in [4.78, 5) is 12.0. The maximum Gasteiger partial charge on any atom is 0.410 e. The van der Waals surface area contributed by atoms with Gasteiger partial charge in [-0.3, -0.25) is 4.79 Å². The summed E-state index contributed by atoms with van der Waals surface area (Å²) in [6, 6.07) is 4.23. The van der Waals surface area contributed by atoms with Gasteiger partial charge in [-0.25, -0.2) is 4.68 Å². The normalized spacial score (nSPS) is 13.0. The van der Waals surface area contributed by atoms with Gasteiger partial charge in [0, 0.05) is 11.2 Å². The molecule has 0 radical (unpaired) electrons. The van der Waals surface area contributed by atoms with Gasteiger partial charge in [-0.05, 0) is 31.2 Å². The molecule has 0 saturated carbocycles. The molecule has 9 heteroatoms. The highest BCUT2D eigenvalue weighted by molar-refractivity contribution is 6.30. The van der Waals surface area contributed by atoms with Crippen LogP contribution >= 0.6 is 11.6 Å². The van der Waals surface area contributed by atoms with E-state index in [4.69, 9.17) is 16.7 Å². The number of nitrogens with zero attached hydrogens (tertiary/aromatic N) is 2. The number of aryl methyl sites for hydroxylation is 1. The third-order valence-corrected chi connectivity index (χ3v) is 3.37. The molecule has 1 aromatic heterocycles. The van der Waals surface area contributed by atoms with Crippen LogP contribution in [0.2, 0.25) is 5.02 Å². The van der Waals surface area contributed by atoms with E-state index >= 15 is 0 Å². The number of aliphatic hydroxyl groups is 1. The van der Waals surface area contributed by atoms with Crippen LogP contribution in [-0.4, -0.2) is 39.6 Å². The predicted molar refractivity (Wildman–Crippen MR) is 77.7 cm³/mol. The van der Waals surface area contributed by atoms with E-state index in [1.165, 1.54) is 17.8 Å². The molecule has 23 heavy (non-hydrogen) atoms. The lowest BCUT2D eigenvalue weighted by Gasteiger charge is -2.18. The van der Waals surface area contributed by atoms with Crippen LogP contribution < -0.4 is 5.32 Å². The minimum absolute atomic E-state index is 0.0114. The fourth-order valence-corrected chi connectivity index (χ4v) is 2.00. The summed E-state index contributed by atoms with van der Waals surface area (Å²) >= 11 is 5.78. The molecule has 0 bridgehead atoms. The largest absolute Gasteiger partial charge is 0.410 e. The molecule has 0 fully saturated rings. The van der Waals surface area contributed by atoms with Crippen LogP contribution in [-0.2, 0) is 0 Å². The maximum absolute atomic E-state index is 12.6. The van der Waals surface area contributed by atoms with Crippen molar-refractivity contribution in [3.63, 3.8) is 0 Å². The van der Waals surface area contributed by atoms with E-state index in [0.29, 0.717) is 10.7 Å². The van der Waals surface area contributed by atoms with Crippen molar-refractivity contribution in [3.05, 3.63) is 46.7 Å². The van der Waals surface area contributed by atoms with Crippen molar-refractivity contribution in [3.8, 4) is 5.69 Å². The highest BCUT2D eigenvalue weighted by Crippen LogP contribution is 2.21. The Morgan fingerprint density at radius 2 is 2.00 bits per heavy atom. The molecule has 1 atom stereocenters. The maximum atomic E-state index is 12.6. The van der Waals surface area contributed by atoms with Crippen molar-refractivity contribution < 1.29 is 23.1 Å². The SMILES string of the molecule is Cc1nn(-c2ccc(Cl)cc2)cc1C(=O)N[C@@H](CO)C(F)(F)F. The Balaban J connectivity index is 2.24. The van der Waals surface area contributed by atoms with Gasteiger partial charge in [0.1, 0.15) is 6.04 Å². The number of rotatable bonds is 4. The summed E-state index contributed by atoms with van der Waals surface area (Å²) in [5.74, 6) is -0.959. The summed E-state index contributed by atoms with van der Waals surface area (Å²) in [6.07, 6.45) is -3.41. The lowest BCUT2D eigenvalue weighted by molar-refractivity contribution is -0.161. The molecule has 0 aliphatic heterocycles. The van der Waals surface area contributed by atoms with Crippen LogP contribution in [0.3, 0.4) is 0 Å². The molecule has 5 nitrogen and oxygen atoms in total. The monoisotopic (exact) mass is 347 g/mol. The van der Waals surface area contributed by atoms with Gasteiger partial charge < -0.3 is 10.4 Å². The second-order valence-corrected chi connectivity index (χ2v) is 5.24. The van der Waals surface area contributed by atoms with E-state index in [1.807, 2.05) is 0 Å². The third kappa shape index (κ3) is 4.02. The molecule has 124 valence electrons. The van der Waals surface area contributed by atoms with Crippen LogP contribution in [0, 0.1) is 6.92 Å². The van der Waals surface area contributed by atoms with Gasteiger partial charge in [0.2, 0.25) is 0 Å². The minimum atomic E-state index is -4.73. The van der Waals surface area contributed by atoms with Crippen LogP contribution in [0.4, 0.5) is 13.2 Å². The molecular formula is C14H13ClF3N3O2. The van der Waals surface area contributed by atoms with Crippen molar-refractivity contribution in [1.29, 1.82) is 0 Å². The molecule has 0 aliphatic carbocycles. The lowest BCUT2D eigenvalue weighted by atomic mass is 10.2. The first-order chi connectivity index (χ1) is 10.7. The van der Waals surface area contributed by atoms with E-state index in [9.17, 15) is 18.0 Å². The molecule has 0 spiro atoms. The first-order valence-corrected chi connectivity index (χ1v) is 6.91. The average molecular weight is 348 g/mol. The Bertz CT molecular complexity index is 698. The second kappa shape index (κ2) is 6.59. The van der Waals surface area contributed by atoms with E-state index in [-0.39, 0.29) is 11.3 Å². The fraction of sp³-hybridized carbons (Fsp3) is 0.286. The number of benzene rings is 1. The minimum Gasteiger partial charge on any atom is -0.394 e. The smallest absolute Gasteiger partial charge is 0.394 e. The Kier molecular flexibility index (Phi) is 4.96. The number of aliphatic hydroxyl groups excluding tert-OH is 1. The van der Waals surface area contributed by atoms with E-state index in [0.717, 1.165) is 0 Å². The number of carbonyl (C=O) groups is 1. The number of amides is 1. The number of halogens is 4. The molecule has 2 N–H and O–H groups in total. The number of hydrogen-bond donors (Lipinski definition) is 2. The van der Waals surface area contributed by atoms with Gasteiger partial charge >= 0.3 is 6.18 Å². The predicted octanol–water partition coefficient (Wildman–Crippen LogP) is 2.49. The van der Waals surface area contributed by atoms with E-state index < -0.39 is 24.7 Å². The quantitative estimate of drug-likeness (QED) is 0.893. The molecule has 1 amide bonds. The Hall–Kier alpha value is -2.06. The van der Waals surface area contributed by atoms with Crippen LogP contribution in [0.5, 0.6) is 0 Å². The second-order valence-electron chi connectivity index (χ2n) is 4.80. The molecule has 1 heterocycles.